The lowest BCUT2D eigenvalue weighted by atomic mass is 9.99. The number of nitrogens with zero attached hydrogens (tertiary/aromatic N) is 2. The van der Waals surface area contributed by atoms with E-state index < -0.39 is 0 Å². The predicted molar refractivity (Wildman–Crippen MR) is 87.5 cm³/mol. The van der Waals surface area contributed by atoms with Crippen molar-refractivity contribution < 1.29 is 9.59 Å². The standard InChI is InChI=1S/C17H31N3O2/c1-4-15-12-20(16(5-2)11-19(15)13(3)21)17(22)7-6-14-8-9-18-10-14/h14-16,18H,4-12H2,1-3H3. The number of hydrogen-bond acceptors (Lipinski definition) is 3. The van der Waals surface area contributed by atoms with Crippen molar-refractivity contribution in [3.05, 3.63) is 0 Å². The first kappa shape index (κ1) is 17.3. The molecule has 2 rings (SSSR count). The van der Waals surface area contributed by atoms with Crippen molar-refractivity contribution in [2.75, 3.05) is 26.2 Å². The molecule has 2 saturated heterocycles. The topological polar surface area (TPSA) is 52.7 Å². The number of rotatable bonds is 5. The van der Waals surface area contributed by atoms with Crippen LogP contribution in [0.3, 0.4) is 0 Å². The van der Waals surface area contributed by atoms with Crippen LogP contribution in [0.15, 0.2) is 0 Å². The number of carbonyl (C=O) groups excluding carboxylic acids is 2. The summed E-state index contributed by atoms with van der Waals surface area (Å²) in [5, 5.41) is 3.36. The Kier molecular flexibility index (Phi) is 6.24. The third-order valence-corrected chi connectivity index (χ3v) is 5.29. The first-order valence-electron chi connectivity index (χ1n) is 8.84. The largest absolute Gasteiger partial charge is 0.336 e. The van der Waals surface area contributed by atoms with Crippen LogP contribution in [-0.4, -0.2) is 59.9 Å². The molecule has 2 aliphatic rings. The SMILES string of the molecule is CCC1CN(C(=O)CCC2CCNC2)C(CC)CN1C(C)=O. The summed E-state index contributed by atoms with van der Waals surface area (Å²) in [5.41, 5.74) is 0. The molecule has 5 nitrogen and oxygen atoms in total. The van der Waals surface area contributed by atoms with E-state index in [-0.39, 0.29) is 23.9 Å². The third kappa shape index (κ3) is 4.00. The van der Waals surface area contributed by atoms with Crippen LogP contribution < -0.4 is 5.32 Å². The van der Waals surface area contributed by atoms with Gasteiger partial charge in [0.05, 0.1) is 0 Å². The molecule has 0 bridgehead atoms. The Morgan fingerprint density at radius 2 is 1.73 bits per heavy atom. The van der Waals surface area contributed by atoms with Crippen LogP contribution in [0.1, 0.15) is 52.9 Å². The molecule has 22 heavy (non-hydrogen) atoms. The molecule has 0 spiro atoms. The molecule has 3 atom stereocenters. The van der Waals surface area contributed by atoms with Gasteiger partial charge in [0.1, 0.15) is 0 Å². The van der Waals surface area contributed by atoms with E-state index in [1.165, 1.54) is 6.42 Å². The number of amides is 2. The first-order chi connectivity index (χ1) is 10.6. The zero-order chi connectivity index (χ0) is 16.1. The van der Waals surface area contributed by atoms with E-state index in [2.05, 4.69) is 24.1 Å². The van der Waals surface area contributed by atoms with Crippen LogP contribution in [0.4, 0.5) is 0 Å². The average Bonchev–Trinajstić information content (AvgIpc) is 3.04. The van der Waals surface area contributed by atoms with Gasteiger partial charge in [0, 0.05) is 38.5 Å². The molecular weight excluding hydrogens is 278 g/mol. The molecule has 5 heteroatoms. The molecule has 2 fully saturated rings. The number of piperazine rings is 1. The van der Waals surface area contributed by atoms with Gasteiger partial charge in [0.15, 0.2) is 0 Å². The van der Waals surface area contributed by atoms with Crippen LogP contribution >= 0.6 is 0 Å². The normalized spacial score (nSPS) is 29.0. The molecular formula is C17H31N3O2. The van der Waals surface area contributed by atoms with Crippen LogP contribution in [0.25, 0.3) is 0 Å². The van der Waals surface area contributed by atoms with Gasteiger partial charge in [-0.15, -0.1) is 0 Å². The Morgan fingerprint density at radius 1 is 1.09 bits per heavy atom. The van der Waals surface area contributed by atoms with Crippen molar-refractivity contribution in [1.29, 1.82) is 0 Å². The van der Waals surface area contributed by atoms with Crippen LogP contribution in [0, 0.1) is 5.92 Å². The maximum Gasteiger partial charge on any atom is 0.222 e. The van der Waals surface area contributed by atoms with Gasteiger partial charge in [-0.3, -0.25) is 9.59 Å². The van der Waals surface area contributed by atoms with Crippen molar-refractivity contribution >= 4 is 11.8 Å². The van der Waals surface area contributed by atoms with Gasteiger partial charge in [-0.2, -0.15) is 0 Å². The Hall–Kier alpha value is -1.10. The van der Waals surface area contributed by atoms with Crippen molar-refractivity contribution in [1.82, 2.24) is 15.1 Å². The summed E-state index contributed by atoms with van der Waals surface area (Å²) in [6, 6.07) is 0.360. The summed E-state index contributed by atoms with van der Waals surface area (Å²) in [6.07, 6.45) is 4.66. The van der Waals surface area contributed by atoms with Crippen LogP contribution in [0.5, 0.6) is 0 Å². The van der Waals surface area contributed by atoms with Gasteiger partial charge in [-0.25, -0.2) is 0 Å². The third-order valence-electron chi connectivity index (χ3n) is 5.29. The minimum Gasteiger partial charge on any atom is -0.336 e. The lowest BCUT2D eigenvalue weighted by Gasteiger charge is -2.46. The highest BCUT2D eigenvalue weighted by Gasteiger charge is 2.35. The molecule has 0 saturated carbocycles. The second-order valence-corrected chi connectivity index (χ2v) is 6.74. The Morgan fingerprint density at radius 3 is 2.27 bits per heavy atom. The quantitative estimate of drug-likeness (QED) is 0.840. The van der Waals surface area contributed by atoms with E-state index in [0.717, 1.165) is 32.4 Å². The second kappa shape index (κ2) is 7.95. The summed E-state index contributed by atoms with van der Waals surface area (Å²) >= 11 is 0. The Balaban J connectivity index is 1.95. The molecule has 3 unspecified atom stereocenters. The molecule has 2 heterocycles. The van der Waals surface area contributed by atoms with Gasteiger partial charge < -0.3 is 15.1 Å². The molecule has 0 aliphatic carbocycles. The van der Waals surface area contributed by atoms with Crippen molar-refractivity contribution in [3.8, 4) is 0 Å². The lowest BCUT2D eigenvalue weighted by molar-refractivity contribution is -0.146. The lowest BCUT2D eigenvalue weighted by Crippen LogP contribution is -2.60. The zero-order valence-electron chi connectivity index (χ0n) is 14.3. The fourth-order valence-electron chi connectivity index (χ4n) is 3.77. The van der Waals surface area contributed by atoms with Crippen LogP contribution in [0.2, 0.25) is 0 Å². The molecule has 0 aromatic heterocycles. The number of carbonyl (C=O) groups is 2. The van der Waals surface area contributed by atoms with Gasteiger partial charge in [-0.05, 0) is 44.7 Å². The summed E-state index contributed by atoms with van der Waals surface area (Å²) < 4.78 is 0. The molecule has 1 N–H and O–H groups in total. The van der Waals surface area contributed by atoms with E-state index >= 15 is 0 Å². The first-order valence-corrected chi connectivity index (χ1v) is 8.84. The average molecular weight is 309 g/mol. The Labute approximate surface area is 134 Å². The summed E-state index contributed by atoms with van der Waals surface area (Å²) in [7, 11) is 0. The van der Waals surface area contributed by atoms with Crippen LogP contribution in [-0.2, 0) is 9.59 Å². The molecule has 2 amide bonds. The van der Waals surface area contributed by atoms with Crippen molar-refractivity contribution in [2.24, 2.45) is 5.92 Å². The highest BCUT2D eigenvalue weighted by molar-refractivity contribution is 5.78. The van der Waals surface area contributed by atoms with Gasteiger partial charge in [0.25, 0.3) is 0 Å². The summed E-state index contributed by atoms with van der Waals surface area (Å²) in [5.74, 6) is 1.07. The number of nitrogens with one attached hydrogen (secondary N) is 1. The molecule has 0 aromatic rings. The maximum absolute atomic E-state index is 12.7. The smallest absolute Gasteiger partial charge is 0.222 e. The molecule has 0 aromatic carbocycles. The second-order valence-electron chi connectivity index (χ2n) is 6.74. The van der Waals surface area contributed by atoms with Gasteiger partial charge >= 0.3 is 0 Å². The fraction of sp³-hybridized carbons (Fsp3) is 0.882. The highest BCUT2D eigenvalue weighted by Crippen LogP contribution is 2.22. The summed E-state index contributed by atoms with van der Waals surface area (Å²) in [6.45, 7) is 9.39. The molecule has 0 radical (unpaired) electrons. The predicted octanol–water partition coefficient (Wildman–Crippen LogP) is 1.62. The van der Waals surface area contributed by atoms with Gasteiger partial charge in [0.2, 0.25) is 11.8 Å². The van der Waals surface area contributed by atoms with E-state index in [9.17, 15) is 9.59 Å². The van der Waals surface area contributed by atoms with Gasteiger partial charge in [-0.1, -0.05) is 13.8 Å². The maximum atomic E-state index is 12.7. The monoisotopic (exact) mass is 309 g/mol. The van der Waals surface area contributed by atoms with E-state index in [0.29, 0.717) is 25.4 Å². The zero-order valence-corrected chi connectivity index (χ0v) is 14.3. The molecule has 2 aliphatic heterocycles. The molecule has 126 valence electrons. The van der Waals surface area contributed by atoms with E-state index in [1.54, 1.807) is 6.92 Å². The minimum atomic E-state index is 0.134. The van der Waals surface area contributed by atoms with Crippen molar-refractivity contribution in [2.45, 2.75) is 65.0 Å². The Bertz CT molecular complexity index is 393. The fourth-order valence-corrected chi connectivity index (χ4v) is 3.77. The number of hydrogen-bond donors (Lipinski definition) is 1. The summed E-state index contributed by atoms with van der Waals surface area (Å²) in [4.78, 5) is 28.5. The highest BCUT2D eigenvalue weighted by atomic mass is 16.2. The van der Waals surface area contributed by atoms with Crippen molar-refractivity contribution in [3.63, 3.8) is 0 Å². The van der Waals surface area contributed by atoms with E-state index in [1.807, 2.05) is 4.90 Å². The van der Waals surface area contributed by atoms with E-state index in [4.69, 9.17) is 0 Å². The minimum absolute atomic E-state index is 0.134.